The Labute approximate surface area is 192 Å². The standard InChI is InChI=1S/C24H45N3O2Si2/c1-23(2,3)30(7,8)28-21-16-14-15-20(19-25-26-27-17-12-11-13-18-27)22(21)29-31(9,10)24(4,5)6/h14-16,19,26H,11-13,17-18H2,1-10H3. The summed E-state index contributed by atoms with van der Waals surface area (Å²) in [5.41, 5.74) is 4.17. The molecule has 0 amide bonds. The first-order valence-corrected chi connectivity index (χ1v) is 17.5. The van der Waals surface area contributed by atoms with Crippen molar-refractivity contribution in [2.24, 2.45) is 5.10 Å². The lowest BCUT2D eigenvalue weighted by molar-refractivity contribution is 0.158. The zero-order valence-electron chi connectivity index (χ0n) is 21.6. The lowest BCUT2D eigenvalue weighted by atomic mass is 10.2. The summed E-state index contributed by atoms with van der Waals surface area (Å²) in [7, 11) is -4.07. The highest BCUT2D eigenvalue weighted by atomic mass is 28.4. The molecule has 31 heavy (non-hydrogen) atoms. The number of benzene rings is 1. The molecule has 5 nitrogen and oxygen atoms in total. The van der Waals surface area contributed by atoms with Crippen LogP contribution < -0.4 is 14.4 Å². The molecule has 1 aliphatic heterocycles. The van der Waals surface area contributed by atoms with Gasteiger partial charge >= 0.3 is 0 Å². The molecule has 1 heterocycles. The van der Waals surface area contributed by atoms with Crippen LogP contribution in [0.5, 0.6) is 11.5 Å². The number of nitrogens with zero attached hydrogens (tertiary/aromatic N) is 2. The molecule has 0 saturated carbocycles. The molecule has 1 aromatic carbocycles. The molecule has 1 N–H and O–H groups in total. The number of hydrogen-bond acceptors (Lipinski definition) is 5. The van der Waals surface area contributed by atoms with Crippen LogP contribution in [-0.2, 0) is 0 Å². The molecule has 0 atom stereocenters. The fourth-order valence-electron chi connectivity index (χ4n) is 2.83. The first-order chi connectivity index (χ1) is 14.1. The van der Waals surface area contributed by atoms with Gasteiger partial charge in [-0.2, -0.15) is 5.10 Å². The fraction of sp³-hybridized carbons (Fsp3) is 0.708. The average molecular weight is 464 g/mol. The van der Waals surface area contributed by atoms with Gasteiger partial charge in [-0.05, 0) is 61.2 Å². The van der Waals surface area contributed by atoms with Crippen molar-refractivity contribution in [2.75, 3.05) is 13.1 Å². The normalized spacial score (nSPS) is 17.1. The number of rotatable bonds is 7. The van der Waals surface area contributed by atoms with Crippen molar-refractivity contribution in [2.45, 2.75) is 97.1 Å². The SMILES string of the molecule is CC(C)(C)[Si](C)(C)Oc1cccc(C=NNN2CCCCC2)c1O[Si](C)(C)C(C)(C)C. The Hall–Kier alpha value is -1.32. The Morgan fingerprint density at radius 2 is 1.42 bits per heavy atom. The van der Waals surface area contributed by atoms with E-state index >= 15 is 0 Å². The van der Waals surface area contributed by atoms with Crippen LogP contribution in [0.15, 0.2) is 23.3 Å². The fourth-order valence-corrected chi connectivity index (χ4v) is 4.89. The Morgan fingerprint density at radius 1 is 0.871 bits per heavy atom. The highest BCUT2D eigenvalue weighted by Gasteiger charge is 2.42. The van der Waals surface area contributed by atoms with E-state index in [1.54, 1.807) is 0 Å². The first kappa shape index (κ1) is 25.9. The van der Waals surface area contributed by atoms with E-state index in [4.69, 9.17) is 8.85 Å². The molecule has 0 aliphatic carbocycles. The molecule has 0 unspecified atom stereocenters. The minimum Gasteiger partial charge on any atom is -0.541 e. The summed E-state index contributed by atoms with van der Waals surface area (Å²) in [4.78, 5) is 0. The zero-order chi connectivity index (χ0) is 23.5. The molecule has 0 radical (unpaired) electrons. The Morgan fingerprint density at radius 3 is 1.97 bits per heavy atom. The smallest absolute Gasteiger partial charge is 0.250 e. The maximum atomic E-state index is 6.83. The largest absolute Gasteiger partial charge is 0.541 e. The lowest BCUT2D eigenvalue weighted by Crippen LogP contribution is -2.46. The third-order valence-corrected chi connectivity index (χ3v) is 15.8. The van der Waals surface area contributed by atoms with E-state index in [2.05, 4.69) is 95.5 Å². The quantitative estimate of drug-likeness (QED) is 0.275. The van der Waals surface area contributed by atoms with E-state index in [1.165, 1.54) is 19.3 Å². The summed E-state index contributed by atoms with van der Waals surface area (Å²) in [6, 6.07) is 6.17. The molecule has 1 fully saturated rings. The predicted molar refractivity (Wildman–Crippen MR) is 138 cm³/mol. The van der Waals surface area contributed by atoms with Gasteiger partial charge in [0.2, 0.25) is 0 Å². The molecule has 1 saturated heterocycles. The number of piperidine rings is 1. The van der Waals surface area contributed by atoms with E-state index in [9.17, 15) is 0 Å². The first-order valence-electron chi connectivity index (χ1n) is 11.7. The monoisotopic (exact) mass is 463 g/mol. The van der Waals surface area contributed by atoms with E-state index < -0.39 is 16.6 Å². The van der Waals surface area contributed by atoms with Crippen molar-refractivity contribution >= 4 is 22.8 Å². The second kappa shape index (κ2) is 9.67. The van der Waals surface area contributed by atoms with Crippen molar-refractivity contribution in [3.05, 3.63) is 23.8 Å². The van der Waals surface area contributed by atoms with Crippen molar-refractivity contribution in [3.8, 4) is 11.5 Å². The van der Waals surface area contributed by atoms with Crippen LogP contribution in [-0.4, -0.2) is 40.9 Å². The second-order valence-corrected chi connectivity index (χ2v) is 21.3. The Kier molecular flexibility index (Phi) is 8.09. The molecule has 7 heteroatoms. The molecule has 0 spiro atoms. The molecule has 0 bridgehead atoms. The maximum Gasteiger partial charge on any atom is 0.250 e. The maximum absolute atomic E-state index is 6.83. The van der Waals surface area contributed by atoms with Crippen LogP contribution in [0.3, 0.4) is 0 Å². The van der Waals surface area contributed by atoms with Crippen LogP contribution in [0.25, 0.3) is 0 Å². The van der Waals surface area contributed by atoms with Crippen molar-refractivity contribution in [1.82, 2.24) is 10.5 Å². The molecule has 2 rings (SSSR count). The summed E-state index contributed by atoms with van der Waals surface area (Å²) >= 11 is 0. The Bertz CT molecular complexity index is 759. The van der Waals surface area contributed by atoms with Gasteiger partial charge in [-0.3, -0.25) is 0 Å². The number of hydrazine groups is 1. The summed E-state index contributed by atoms with van der Waals surface area (Å²) in [5.74, 6) is 1.68. The minimum atomic E-state index is -2.06. The van der Waals surface area contributed by atoms with Gasteiger partial charge in [0.15, 0.2) is 5.75 Å². The van der Waals surface area contributed by atoms with Crippen LogP contribution >= 0.6 is 0 Å². The molecular formula is C24H45N3O2Si2. The topological polar surface area (TPSA) is 46.1 Å². The summed E-state index contributed by atoms with van der Waals surface area (Å²) in [5, 5.41) is 6.94. The van der Waals surface area contributed by atoms with Crippen LogP contribution in [0, 0.1) is 0 Å². The average Bonchev–Trinajstić information content (AvgIpc) is 2.63. The van der Waals surface area contributed by atoms with Gasteiger partial charge in [0.25, 0.3) is 16.6 Å². The summed E-state index contributed by atoms with van der Waals surface area (Å²) in [6.07, 6.45) is 5.63. The van der Waals surface area contributed by atoms with E-state index in [0.717, 1.165) is 30.2 Å². The highest BCUT2D eigenvalue weighted by molar-refractivity contribution is 6.75. The summed E-state index contributed by atoms with van der Waals surface area (Å²) in [6.45, 7) is 24.8. The lowest BCUT2D eigenvalue weighted by Gasteiger charge is -2.40. The van der Waals surface area contributed by atoms with Crippen LogP contribution in [0.4, 0.5) is 0 Å². The molecule has 0 aromatic heterocycles. The van der Waals surface area contributed by atoms with E-state index in [0.29, 0.717) is 0 Å². The summed E-state index contributed by atoms with van der Waals surface area (Å²) < 4.78 is 13.6. The third-order valence-electron chi connectivity index (χ3n) is 7.10. The van der Waals surface area contributed by atoms with Gasteiger partial charge < -0.3 is 8.85 Å². The van der Waals surface area contributed by atoms with Gasteiger partial charge in [-0.15, -0.1) is 0 Å². The molecular weight excluding hydrogens is 418 g/mol. The zero-order valence-corrected chi connectivity index (χ0v) is 23.6. The third kappa shape index (κ3) is 6.83. The molecule has 1 aromatic rings. The van der Waals surface area contributed by atoms with Crippen molar-refractivity contribution in [1.29, 1.82) is 0 Å². The van der Waals surface area contributed by atoms with Crippen LogP contribution in [0.2, 0.25) is 36.3 Å². The molecule has 1 aliphatic rings. The second-order valence-electron chi connectivity index (χ2n) is 11.8. The predicted octanol–water partition coefficient (Wildman–Crippen LogP) is 6.78. The highest BCUT2D eigenvalue weighted by Crippen LogP contribution is 2.44. The van der Waals surface area contributed by atoms with Crippen LogP contribution in [0.1, 0.15) is 66.4 Å². The number of para-hydroxylation sites is 1. The van der Waals surface area contributed by atoms with Gasteiger partial charge in [0.05, 0.1) is 6.21 Å². The van der Waals surface area contributed by atoms with Gasteiger partial charge in [0.1, 0.15) is 5.75 Å². The van der Waals surface area contributed by atoms with Gasteiger partial charge in [-0.1, -0.05) is 54.0 Å². The van der Waals surface area contributed by atoms with E-state index in [1.807, 2.05) is 12.3 Å². The van der Waals surface area contributed by atoms with Gasteiger partial charge in [-0.25, -0.2) is 10.5 Å². The number of nitrogens with one attached hydrogen (secondary N) is 1. The number of hydrogen-bond donors (Lipinski definition) is 1. The minimum absolute atomic E-state index is 0.0948. The van der Waals surface area contributed by atoms with E-state index in [-0.39, 0.29) is 10.1 Å². The molecule has 176 valence electrons. The Balaban J connectivity index is 2.39. The van der Waals surface area contributed by atoms with Crippen molar-refractivity contribution in [3.63, 3.8) is 0 Å². The number of hydrazone groups is 1. The van der Waals surface area contributed by atoms with Gasteiger partial charge in [0, 0.05) is 18.7 Å². The van der Waals surface area contributed by atoms with Crippen molar-refractivity contribution < 1.29 is 8.85 Å².